The highest BCUT2D eigenvalue weighted by Gasteiger charge is 2.17. The Morgan fingerprint density at radius 3 is 2.38 bits per heavy atom. The number of carbonyl (C=O) groups excluding carboxylic acids is 1. The van der Waals surface area contributed by atoms with Crippen LogP contribution in [-0.2, 0) is 4.74 Å². The Balaban J connectivity index is 2.01. The van der Waals surface area contributed by atoms with Crippen molar-refractivity contribution >= 4 is 12.0 Å². The normalized spacial score (nSPS) is 13.5. The van der Waals surface area contributed by atoms with E-state index >= 15 is 0 Å². The van der Waals surface area contributed by atoms with Crippen molar-refractivity contribution in [3.05, 3.63) is 65.2 Å². The minimum absolute atomic E-state index is 0.696. The van der Waals surface area contributed by atoms with E-state index < -0.39 is 0 Å². The summed E-state index contributed by atoms with van der Waals surface area (Å²) in [6.07, 6.45) is 4.40. The van der Waals surface area contributed by atoms with Gasteiger partial charge in [-0.25, -0.2) is 0 Å². The van der Waals surface area contributed by atoms with Gasteiger partial charge in [-0.15, -0.1) is 0 Å². The molecule has 2 aromatic carbocycles. The minimum atomic E-state index is 0.696. The number of rotatable bonds is 4. The number of allylic oxidation sites excluding steroid dienone is 1. The maximum Gasteiger partial charge on any atom is 0.150 e. The smallest absolute Gasteiger partial charge is 0.150 e. The molecule has 106 valence electrons. The Labute approximate surface area is 125 Å². The molecule has 1 fully saturated rings. The summed E-state index contributed by atoms with van der Waals surface area (Å²) >= 11 is 0. The molecule has 1 saturated carbocycles. The lowest BCUT2D eigenvalue weighted by Crippen LogP contribution is -2.03. The Hall–Kier alpha value is -2.35. The van der Waals surface area contributed by atoms with Crippen molar-refractivity contribution in [1.82, 2.24) is 0 Å². The molecule has 0 unspecified atom stereocenters. The third kappa shape index (κ3) is 2.75. The van der Waals surface area contributed by atoms with Crippen molar-refractivity contribution in [1.29, 1.82) is 0 Å². The summed E-state index contributed by atoms with van der Waals surface area (Å²) in [6, 6.07) is 16.0. The predicted octanol–water partition coefficient (Wildman–Crippen LogP) is 4.71. The molecule has 0 N–H and O–H groups in total. The summed E-state index contributed by atoms with van der Waals surface area (Å²) in [7, 11) is 1.74. The SMILES string of the molecule is COC(=C1CCC1)c1cccc(-c2cccc(C=O)c2)c1. The van der Waals surface area contributed by atoms with Gasteiger partial charge in [-0.2, -0.15) is 0 Å². The van der Waals surface area contributed by atoms with Crippen LogP contribution in [0.4, 0.5) is 0 Å². The first-order valence-electron chi connectivity index (χ1n) is 7.24. The van der Waals surface area contributed by atoms with E-state index in [0.29, 0.717) is 5.56 Å². The summed E-state index contributed by atoms with van der Waals surface area (Å²) < 4.78 is 5.60. The maximum absolute atomic E-state index is 10.9. The fraction of sp³-hybridized carbons (Fsp3) is 0.211. The van der Waals surface area contributed by atoms with Gasteiger partial charge >= 0.3 is 0 Å². The molecule has 1 aliphatic rings. The van der Waals surface area contributed by atoms with E-state index in [1.807, 2.05) is 30.3 Å². The van der Waals surface area contributed by atoms with Gasteiger partial charge in [0, 0.05) is 11.1 Å². The van der Waals surface area contributed by atoms with Crippen LogP contribution in [0, 0.1) is 0 Å². The van der Waals surface area contributed by atoms with E-state index in [4.69, 9.17) is 4.74 Å². The second-order valence-electron chi connectivity index (χ2n) is 5.31. The fourth-order valence-electron chi connectivity index (χ4n) is 2.68. The summed E-state index contributed by atoms with van der Waals surface area (Å²) in [5.41, 5.74) is 5.36. The van der Waals surface area contributed by atoms with Crippen LogP contribution in [-0.4, -0.2) is 13.4 Å². The number of ether oxygens (including phenoxy) is 1. The third-order valence-electron chi connectivity index (χ3n) is 3.96. The molecular formula is C19H18O2. The molecule has 0 bridgehead atoms. The average molecular weight is 278 g/mol. The second kappa shape index (κ2) is 5.96. The molecule has 2 nitrogen and oxygen atoms in total. The van der Waals surface area contributed by atoms with Crippen molar-refractivity contribution in [2.45, 2.75) is 19.3 Å². The summed E-state index contributed by atoms with van der Waals surface area (Å²) in [4.78, 5) is 10.9. The van der Waals surface area contributed by atoms with E-state index in [1.54, 1.807) is 7.11 Å². The molecular weight excluding hydrogens is 260 g/mol. The van der Waals surface area contributed by atoms with E-state index in [0.717, 1.165) is 41.6 Å². The molecule has 1 aliphatic carbocycles. The Kier molecular flexibility index (Phi) is 3.87. The van der Waals surface area contributed by atoms with Gasteiger partial charge in [0.05, 0.1) is 7.11 Å². The Morgan fingerprint density at radius 1 is 1.05 bits per heavy atom. The van der Waals surface area contributed by atoms with Gasteiger partial charge in [0.25, 0.3) is 0 Å². The summed E-state index contributed by atoms with van der Waals surface area (Å²) in [6.45, 7) is 0. The molecule has 2 aromatic rings. The van der Waals surface area contributed by atoms with Crippen LogP contribution in [0.2, 0.25) is 0 Å². The predicted molar refractivity (Wildman–Crippen MR) is 85.0 cm³/mol. The number of aldehydes is 1. The molecule has 0 radical (unpaired) electrons. The third-order valence-corrected chi connectivity index (χ3v) is 3.96. The lowest BCUT2D eigenvalue weighted by atomic mass is 9.88. The number of carbonyl (C=O) groups is 1. The highest BCUT2D eigenvalue weighted by Crippen LogP contribution is 2.35. The van der Waals surface area contributed by atoms with Crippen molar-refractivity contribution in [3.63, 3.8) is 0 Å². The standard InChI is InChI=1S/C19H18O2/c1-21-19(15-6-3-7-15)18-10-4-9-17(12-18)16-8-2-5-14(11-16)13-20/h2,4-5,8-13H,3,6-7H2,1H3. The zero-order valence-electron chi connectivity index (χ0n) is 12.1. The van der Waals surface area contributed by atoms with Crippen LogP contribution in [0.15, 0.2) is 54.1 Å². The lowest BCUT2D eigenvalue weighted by molar-refractivity contribution is 0.112. The van der Waals surface area contributed by atoms with Gasteiger partial charge < -0.3 is 4.74 Å². The van der Waals surface area contributed by atoms with Gasteiger partial charge in [-0.1, -0.05) is 36.4 Å². The molecule has 0 amide bonds. The van der Waals surface area contributed by atoms with Crippen LogP contribution in [0.1, 0.15) is 35.2 Å². The quantitative estimate of drug-likeness (QED) is 0.598. The lowest BCUT2D eigenvalue weighted by Gasteiger charge is -2.21. The molecule has 0 aromatic heterocycles. The van der Waals surface area contributed by atoms with Crippen molar-refractivity contribution in [2.75, 3.05) is 7.11 Å². The summed E-state index contributed by atoms with van der Waals surface area (Å²) in [5, 5.41) is 0. The van der Waals surface area contributed by atoms with E-state index in [-0.39, 0.29) is 0 Å². The van der Waals surface area contributed by atoms with Gasteiger partial charge in [-0.3, -0.25) is 4.79 Å². The first-order valence-corrected chi connectivity index (χ1v) is 7.24. The van der Waals surface area contributed by atoms with Crippen molar-refractivity contribution < 1.29 is 9.53 Å². The first kappa shape index (κ1) is 13.6. The highest BCUT2D eigenvalue weighted by atomic mass is 16.5. The molecule has 0 heterocycles. The fourth-order valence-corrected chi connectivity index (χ4v) is 2.68. The molecule has 0 spiro atoms. The molecule has 2 heteroatoms. The largest absolute Gasteiger partial charge is 0.496 e. The number of hydrogen-bond donors (Lipinski definition) is 0. The highest BCUT2D eigenvalue weighted by molar-refractivity contribution is 5.79. The van der Waals surface area contributed by atoms with Gasteiger partial charge in [0.2, 0.25) is 0 Å². The van der Waals surface area contributed by atoms with Gasteiger partial charge in [0.15, 0.2) is 0 Å². The number of hydrogen-bond acceptors (Lipinski definition) is 2. The average Bonchev–Trinajstić information content (AvgIpc) is 2.51. The van der Waals surface area contributed by atoms with Crippen LogP contribution >= 0.6 is 0 Å². The van der Waals surface area contributed by atoms with Crippen LogP contribution in [0.25, 0.3) is 16.9 Å². The molecule has 0 atom stereocenters. The zero-order chi connectivity index (χ0) is 14.7. The Morgan fingerprint density at radius 2 is 1.76 bits per heavy atom. The van der Waals surface area contributed by atoms with Gasteiger partial charge in [-0.05, 0) is 48.1 Å². The summed E-state index contributed by atoms with van der Waals surface area (Å²) in [5.74, 6) is 1.01. The monoisotopic (exact) mass is 278 g/mol. The van der Waals surface area contributed by atoms with E-state index in [2.05, 4.69) is 18.2 Å². The van der Waals surface area contributed by atoms with E-state index in [1.165, 1.54) is 12.0 Å². The van der Waals surface area contributed by atoms with Crippen LogP contribution < -0.4 is 0 Å². The van der Waals surface area contributed by atoms with Crippen LogP contribution in [0.5, 0.6) is 0 Å². The molecule has 0 saturated heterocycles. The van der Waals surface area contributed by atoms with Crippen LogP contribution in [0.3, 0.4) is 0 Å². The topological polar surface area (TPSA) is 26.3 Å². The van der Waals surface area contributed by atoms with Crippen molar-refractivity contribution in [2.24, 2.45) is 0 Å². The Bertz CT molecular complexity index is 692. The minimum Gasteiger partial charge on any atom is -0.496 e. The van der Waals surface area contributed by atoms with Crippen molar-refractivity contribution in [3.8, 4) is 11.1 Å². The number of methoxy groups -OCH3 is 1. The maximum atomic E-state index is 10.9. The zero-order valence-corrected chi connectivity index (χ0v) is 12.1. The van der Waals surface area contributed by atoms with E-state index in [9.17, 15) is 4.79 Å². The first-order chi connectivity index (χ1) is 10.3. The molecule has 0 aliphatic heterocycles. The number of benzene rings is 2. The second-order valence-corrected chi connectivity index (χ2v) is 5.31. The molecule has 21 heavy (non-hydrogen) atoms. The van der Waals surface area contributed by atoms with Gasteiger partial charge in [0.1, 0.15) is 12.0 Å². The molecule has 3 rings (SSSR count).